The highest BCUT2D eigenvalue weighted by molar-refractivity contribution is 9.10. The summed E-state index contributed by atoms with van der Waals surface area (Å²) in [7, 11) is 0. The molecule has 11 heteroatoms. The van der Waals surface area contributed by atoms with Crippen molar-refractivity contribution in [3.63, 3.8) is 0 Å². The number of Topliss-reactive ketones (excluding diaryl/α,β-unsaturated/α-hetero) is 2. The van der Waals surface area contributed by atoms with Gasteiger partial charge in [0.05, 0.1) is 15.5 Å². The maximum absolute atomic E-state index is 13.1. The van der Waals surface area contributed by atoms with E-state index in [1.165, 1.54) is 36.4 Å². The largest absolute Gasteiger partial charge is 0.291 e. The zero-order chi connectivity index (χ0) is 23.3. The van der Waals surface area contributed by atoms with E-state index in [-0.39, 0.29) is 22.5 Å². The number of nitrogens with zero attached hydrogens (tertiary/aromatic N) is 4. The number of ketones is 2. The van der Waals surface area contributed by atoms with Gasteiger partial charge in [-0.2, -0.15) is 10.2 Å². The molecule has 0 atom stereocenters. The number of hydrogen-bond acceptors (Lipinski definition) is 8. The Morgan fingerprint density at radius 1 is 0.781 bits per heavy atom. The number of hydrogen-bond donors (Lipinski definition) is 0. The van der Waals surface area contributed by atoms with Crippen LogP contribution in [0.4, 0.5) is 17.1 Å². The van der Waals surface area contributed by atoms with E-state index in [1.54, 1.807) is 24.3 Å². The van der Waals surface area contributed by atoms with Crippen molar-refractivity contribution >= 4 is 44.6 Å². The molecule has 0 fully saturated rings. The van der Waals surface area contributed by atoms with Gasteiger partial charge in [0.15, 0.2) is 17.6 Å². The Morgan fingerprint density at radius 3 is 1.69 bits per heavy atom. The second kappa shape index (κ2) is 9.79. The summed E-state index contributed by atoms with van der Waals surface area (Å²) in [4.78, 5) is 47.0. The highest BCUT2D eigenvalue weighted by atomic mass is 79.9. The van der Waals surface area contributed by atoms with E-state index in [2.05, 4.69) is 26.2 Å². The summed E-state index contributed by atoms with van der Waals surface area (Å²) < 4.78 is 0.786. The topological polar surface area (TPSA) is 145 Å². The molecule has 0 aliphatic heterocycles. The molecule has 0 bridgehead atoms. The third-order valence-electron chi connectivity index (χ3n) is 4.29. The van der Waals surface area contributed by atoms with Crippen LogP contribution in [0.15, 0.2) is 87.5 Å². The maximum Gasteiger partial charge on any atom is 0.270 e. The van der Waals surface area contributed by atoms with Crippen molar-refractivity contribution in [2.45, 2.75) is 6.04 Å². The molecule has 3 aromatic rings. The second-order valence-corrected chi connectivity index (χ2v) is 7.35. The first-order valence-corrected chi connectivity index (χ1v) is 9.79. The van der Waals surface area contributed by atoms with Crippen molar-refractivity contribution in [1.29, 1.82) is 0 Å². The van der Waals surface area contributed by atoms with Gasteiger partial charge in [0.25, 0.3) is 11.4 Å². The van der Waals surface area contributed by atoms with Crippen LogP contribution >= 0.6 is 15.9 Å². The molecule has 3 rings (SSSR count). The molecular formula is C21H13BrN4O6. The molecule has 0 aromatic heterocycles. The lowest BCUT2D eigenvalue weighted by Crippen LogP contribution is -2.28. The zero-order valence-corrected chi connectivity index (χ0v) is 17.7. The number of halogens is 1. The van der Waals surface area contributed by atoms with E-state index in [4.69, 9.17) is 0 Å². The van der Waals surface area contributed by atoms with Crippen molar-refractivity contribution in [3.8, 4) is 0 Å². The number of carbonyl (C=O) groups is 2. The number of nitro benzene ring substituents is 2. The van der Waals surface area contributed by atoms with Gasteiger partial charge < -0.3 is 0 Å². The normalized spacial score (nSPS) is 10.9. The highest BCUT2D eigenvalue weighted by Gasteiger charge is 2.30. The van der Waals surface area contributed by atoms with Crippen LogP contribution < -0.4 is 0 Å². The van der Waals surface area contributed by atoms with Gasteiger partial charge in [-0.1, -0.05) is 40.2 Å². The van der Waals surface area contributed by atoms with Gasteiger partial charge in [-0.25, -0.2) is 0 Å². The summed E-state index contributed by atoms with van der Waals surface area (Å²) in [5.74, 6) is -1.66. The van der Waals surface area contributed by atoms with Crippen LogP contribution in [0.2, 0.25) is 0 Å². The van der Waals surface area contributed by atoms with E-state index in [0.29, 0.717) is 5.69 Å². The number of carbonyl (C=O) groups excluding carboxylic acids is 2. The first kappa shape index (κ1) is 22.6. The molecule has 0 saturated carbocycles. The third kappa shape index (κ3) is 5.32. The number of azo groups is 1. The Kier molecular flexibility index (Phi) is 6.90. The molecule has 0 heterocycles. The molecule has 0 N–H and O–H groups in total. The summed E-state index contributed by atoms with van der Waals surface area (Å²) in [5.41, 5.74) is -0.531. The quantitative estimate of drug-likeness (QED) is 0.132. The van der Waals surface area contributed by atoms with Crippen molar-refractivity contribution < 1.29 is 19.4 Å². The standard InChI is InChI=1S/C21H13BrN4O6/c22-15-7-9-16(10-8-15)23-24-19(20(27)13-3-1-5-17(11-13)25(29)30)21(28)14-4-2-6-18(12-14)26(31)32/h1-12,19H. The lowest BCUT2D eigenvalue weighted by Gasteiger charge is -2.10. The van der Waals surface area contributed by atoms with Crippen molar-refractivity contribution in [1.82, 2.24) is 0 Å². The minimum atomic E-state index is -1.69. The molecule has 3 aromatic carbocycles. The van der Waals surface area contributed by atoms with Crippen LogP contribution in [0.3, 0.4) is 0 Å². The van der Waals surface area contributed by atoms with Crippen LogP contribution in [0, 0.1) is 20.2 Å². The van der Waals surface area contributed by atoms with Crippen molar-refractivity contribution in [3.05, 3.63) is 109 Å². The predicted molar refractivity (Wildman–Crippen MR) is 117 cm³/mol. The average molecular weight is 497 g/mol. The van der Waals surface area contributed by atoms with E-state index < -0.39 is 27.5 Å². The minimum absolute atomic E-state index is 0.113. The Morgan fingerprint density at radius 2 is 1.25 bits per heavy atom. The SMILES string of the molecule is O=C(c1cccc([N+](=O)[O-])c1)C(N=Nc1ccc(Br)cc1)C(=O)c1cccc([N+](=O)[O-])c1. The van der Waals surface area contributed by atoms with E-state index in [0.717, 1.165) is 16.6 Å². The molecule has 0 unspecified atom stereocenters. The van der Waals surface area contributed by atoms with Gasteiger partial charge in [-0.05, 0) is 24.3 Å². The van der Waals surface area contributed by atoms with Gasteiger partial charge in [0, 0.05) is 39.9 Å². The second-order valence-electron chi connectivity index (χ2n) is 6.44. The van der Waals surface area contributed by atoms with E-state index >= 15 is 0 Å². The molecule has 0 amide bonds. The molecular weight excluding hydrogens is 484 g/mol. The summed E-state index contributed by atoms with van der Waals surface area (Å²) >= 11 is 3.28. The molecule has 0 aliphatic carbocycles. The number of non-ortho nitro benzene ring substituents is 2. The lowest BCUT2D eigenvalue weighted by molar-refractivity contribution is -0.385. The lowest BCUT2D eigenvalue weighted by atomic mass is 9.96. The van der Waals surface area contributed by atoms with Crippen LogP contribution in [0.1, 0.15) is 20.7 Å². The monoisotopic (exact) mass is 496 g/mol. The van der Waals surface area contributed by atoms with Crippen molar-refractivity contribution in [2.24, 2.45) is 10.2 Å². The number of nitro groups is 2. The van der Waals surface area contributed by atoms with Crippen LogP contribution in [-0.2, 0) is 0 Å². The molecule has 160 valence electrons. The molecule has 32 heavy (non-hydrogen) atoms. The number of rotatable bonds is 8. The van der Waals surface area contributed by atoms with Gasteiger partial charge in [-0.15, -0.1) is 0 Å². The van der Waals surface area contributed by atoms with E-state index in [9.17, 15) is 29.8 Å². The zero-order valence-electron chi connectivity index (χ0n) is 16.1. The van der Waals surface area contributed by atoms with Gasteiger partial charge >= 0.3 is 0 Å². The maximum atomic E-state index is 13.1. The molecule has 0 radical (unpaired) electrons. The summed E-state index contributed by atoms with van der Waals surface area (Å²) in [6.07, 6.45) is 0. The van der Waals surface area contributed by atoms with Gasteiger partial charge in [0.1, 0.15) is 0 Å². The fraction of sp³-hybridized carbons (Fsp3) is 0.0476. The summed E-state index contributed by atoms with van der Waals surface area (Å²) in [6, 6.07) is 14.6. The predicted octanol–water partition coefficient (Wildman–Crippen LogP) is 5.48. The minimum Gasteiger partial charge on any atom is -0.291 e. The highest BCUT2D eigenvalue weighted by Crippen LogP contribution is 2.22. The summed E-state index contributed by atoms with van der Waals surface area (Å²) in [5, 5.41) is 30.0. The first-order chi connectivity index (χ1) is 15.3. The Hall–Kier alpha value is -4.12. The number of benzene rings is 3. The Bertz CT molecular complexity index is 1170. The molecule has 0 aliphatic rings. The Balaban J connectivity index is 2.03. The first-order valence-electron chi connectivity index (χ1n) is 9.00. The molecule has 10 nitrogen and oxygen atoms in total. The fourth-order valence-electron chi connectivity index (χ4n) is 2.72. The van der Waals surface area contributed by atoms with E-state index in [1.807, 2.05) is 0 Å². The van der Waals surface area contributed by atoms with Crippen LogP contribution in [0.5, 0.6) is 0 Å². The fourth-order valence-corrected chi connectivity index (χ4v) is 2.98. The van der Waals surface area contributed by atoms with Gasteiger partial charge in [-0.3, -0.25) is 29.8 Å². The molecule has 0 spiro atoms. The van der Waals surface area contributed by atoms with Gasteiger partial charge in [0.2, 0.25) is 0 Å². The summed E-state index contributed by atoms with van der Waals surface area (Å²) in [6.45, 7) is 0. The third-order valence-corrected chi connectivity index (χ3v) is 4.82. The van der Waals surface area contributed by atoms with Crippen LogP contribution in [0.25, 0.3) is 0 Å². The Labute approximate surface area is 189 Å². The smallest absolute Gasteiger partial charge is 0.270 e. The molecule has 0 saturated heterocycles. The average Bonchev–Trinajstić information content (AvgIpc) is 2.80. The van der Waals surface area contributed by atoms with Crippen molar-refractivity contribution in [2.75, 3.05) is 0 Å². The van der Waals surface area contributed by atoms with Crippen LogP contribution in [-0.4, -0.2) is 27.5 Å².